The highest BCUT2D eigenvalue weighted by Crippen LogP contribution is 1.99. The van der Waals surface area contributed by atoms with Gasteiger partial charge in [0.15, 0.2) is 5.96 Å². The Balaban J connectivity index is 0.00000324. The monoisotopic (exact) mass is 379 g/mol. The first-order chi connectivity index (χ1) is 8.61. The van der Waals surface area contributed by atoms with Crippen LogP contribution in [0.4, 0.5) is 0 Å². The molecule has 2 N–H and O–H groups in total. The summed E-state index contributed by atoms with van der Waals surface area (Å²) in [5, 5.41) is 10.7. The molecule has 1 rings (SSSR count). The molecule has 0 saturated carbocycles. The Morgan fingerprint density at radius 2 is 2.16 bits per heavy atom. The summed E-state index contributed by atoms with van der Waals surface area (Å²) in [7, 11) is 1.92. The van der Waals surface area contributed by atoms with Crippen molar-refractivity contribution in [3.8, 4) is 0 Å². The minimum atomic E-state index is 0. The van der Waals surface area contributed by atoms with E-state index in [0.29, 0.717) is 12.5 Å². The molecule has 0 atom stereocenters. The Labute approximate surface area is 133 Å². The molecule has 19 heavy (non-hydrogen) atoms. The molecule has 5 nitrogen and oxygen atoms in total. The highest BCUT2D eigenvalue weighted by molar-refractivity contribution is 14.0. The Morgan fingerprint density at radius 1 is 1.42 bits per heavy atom. The van der Waals surface area contributed by atoms with E-state index >= 15 is 0 Å². The van der Waals surface area contributed by atoms with Gasteiger partial charge in [0.1, 0.15) is 0 Å². The molecule has 0 unspecified atom stereocenters. The number of hydrogen-bond acceptors (Lipinski definition) is 2. The third kappa shape index (κ3) is 8.07. The third-order valence-electron chi connectivity index (χ3n) is 2.54. The lowest BCUT2D eigenvalue weighted by molar-refractivity contribution is 0.573. The minimum Gasteiger partial charge on any atom is -0.357 e. The number of halogens is 1. The van der Waals surface area contributed by atoms with Crippen molar-refractivity contribution >= 4 is 29.9 Å². The summed E-state index contributed by atoms with van der Waals surface area (Å²) in [5.74, 6) is 1.58. The summed E-state index contributed by atoms with van der Waals surface area (Å²) in [5.41, 5.74) is 1.12. The lowest BCUT2D eigenvalue weighted by Crippen LogP contribution is -2.38. The van der Waals surface area contributed by atoms with Crippen LogP contribution < -0.4 is 10.6 Å². The second-order valence-electron chi connectivity index (χ2n) is 4.83. The molecule has 1 heterocycles. The van der Waals surface area contributed by atoms with Crippen molar-refractivity contribution in [1.29, 1.82) is 0 Å². The zero-order chi connectivity index (χ0) is 13.4. The molecular weight excluding hydrogens is 353 g/mol. The van der Waals surface area contributed by atoms with Crippen molar-refractivity contribution in [2.45, 2.75) is 33.7 Å². The van der Waals surface area contributed by atoms with Gasteiger partial charge in [0.25, 0.3) is 0 Å². The summed E-state index contributed by atoms with van der Waals surface area (Å²) in [6.07, 6.45) is 4.99. The summed E-state index contributed by atoms with van der Waals surface area (Å²) in [6, 6.07) is 0. The van der Waals surface area contributed by atoms with Gasteiger partial charge in [-0.05, 0) is 19.3 Å². The topological polar surface area (TPSA) is 54.2 Å². The van der Waals surface area contributed by atoms with E-state index in [0.717, 1.165) is 31.0 Å². The normalized spacial score (nSPS) is 11.3. The van der Waals surface area contributed by atoms with Gasteiger partial charge in [-0.1, -0.05) is 13.8 Å². The van der Waals surface area contributed by atoms with E-state index < -0.39 is 0 Å². The van der Waals surface area contributed by atoms with Crippen molar-refractivity contribution in [2.24, 2.45) is 18.0 Å². The van der Waals surface area contributed by atoms with Crippen LogP contribution in [0.2, 0.25) is 0 Å². The molecule has 1 aromatic heterocycles. The van der Waals surface area contributed by atoms with Crippen molar-refractivity contribution in [2.75, 3.05) is 13.1 Å². The zero-order valence-electron chi connectivity index (χ0n) is 12.3. The highest BCUT2D eigenvalue weighted by atomic mass is 127. The van der Waals surface area contributed by atoms with Crippen molar-refractivity contribution in [1.82, 2.24) is 20.4 Å². The van der Waals surface area contributed by atoms with Crippen molar-refractivity contribution in [3.05, 3.63) is 18.0 Å². The number of aliphatic imine (C=N–C) groups is 1. The standard InChI is InChI=1S/C13H25N5.HI/c1-5-14-13(15-7-6-11(2)3)16-8-12-9-17-18(4)10-12;/h9-11H,5-8H2,1-4H3,(H2,14,15,16);1H. The van der Waals surface area contributed by atoms with E-state index in [9.17, 15) is 0 Å². The Hall–Kier alpha value is -0.790. The van der Waals surface area contributed by atoms with Crippen LogP contribution in [0.3, 0.4) is 0 Å². The van der Waals surface area contributed by atoms with Gasteiger partial charge in [-0.25, -0.2) is 4.99 Å². The smallest absolute Gasteiger partial charge is 0.191 e. The van der Waals surface area contributed by atoms with E-state index in [2.05, 4.69) is 41.5 Å². The van der Waals surface area contributed by atoms with Crippen molar-refractivity contribution in [3.63, 3.8) is 0 Å². The maximum atomic E-state index is 4.53. The summed E-state index contributed by atoms with van der Waals surface area (Å²) >= 11 is 0. The molecule has 0 bridgehead atoms. The molecule has 0 amide bonds. The highest BCUT2D eigenvalue weighted by Gasteiger charge is 1.99. The fourth-order valence-corrected chi connectivity index (χ4v) is 1.54. The Bertz CT molecular complexity index is 373. The summed E-state index contributed by atoms with van der Waals surface area (Å²) in [6.45, 7) is 9.01. The predicted octanol–water partition coefficient (Wildman–Crippen LogP) is 2.14. The number of rotatable bonds is 6. The van der Waals surface area contributed by atoms with Gasteiger partial charge in [0, 0.05) is 31.9 Å². The molecule has 0 spiro atoms. The number of hydrogen-bond donors (Lipinski definition) is 2. The number of aryl methyl sites for hydroxylation is 1. The lowest BCUT2D eigenvalue weighted by atomic mass is 10.1. The van der Waals surface area contributed by atoms with Gasteiger partial charge < -0.3 is 10.6 Å². The number of guanidine groups is 1. The summed E-state index contributed by atoms with van der Waals surface area (Å²) in [4.78, 5) is 4.53. The van der Waals surface area contributed by atoms with Gasteiger partial charge in [0.2, 0.25) is 0 Å². The van der Waals surface area contributed by atoms with Gasteiger partial charge in [-0.15, -0.1) is 24.0 Å². The molecule has 6 heteroatoms. The lowest BCUT2D eigenvalue weighted by Gasteiger charge is -2.12. The zero-order valence-corrected chi connectivity index (χ0v) is 14.6. The fraction of sp³-hybridized carbons (Fsp3) is 0.692. The van der Waals surface area contributed by atoms with E-state index in [-0.39, 0.29) is 24.0 Å². The number of nitrogens with zero attached hydrogens (tertiary/aromatic N) is 3. The Morgan fingerprint density at radius 3 is 2.68 bits per heavy atom. The first kappa shape index (κ1) is 18.2. The quantitative estimate of drug-likeness (QED) is 0.453. The van der Waals surface area contributed by atoms with Crippen LogP contribution in [0, 0.1) is 5.92 Å². The second-order valence-corrected chi connectivity index (χ2v) is 4.83. The van der Waals surface area contributed by atoms with Gasteiger partial charge in [-0.3, -0.25) is 4.68 Å². The molecule has 0 aromatic carbocycles. The van der Waals surface area contributed by atoms with Crippen LogP contribution in [-0.2, 0) is 13.6 Å². The number of nitrogens with one attached hydrogen (secondary N) is 2. The van der Waals surface area contributed by atoms with E-state index in [1.54, 1.807) is 4.68 Å². The maximum absolute atomic E-state index is 4.53. The molecule has 0 saturated heterocycles. The van der Waals surface area contributed by atoms with Crippen LogP contribution in [-0.4, -0.2) is 28.8 Å². The first-order valence-electron chi connectivity index (χ1n) is 6.61. The fourth-order valence-electron chi connectivity index (χ4n) is 1.54. The average Bonchev–Trinajstić information content (AvgIpc) is 2.71. The molecule has 0 radical (unpaired) electrons. The number of aromatic nitrogens is 2. The largest absolute Gasteiger partial charge is 0.357 e. The average molecular weight is 379 g/mol. The van der Waals surface area contributed by atoms with Gasteiger partial charge in [-0.2, -0.15) is 5.10 Å². The molecule has 0 aliphatic heterocycles. The van der Waals surface area contributed by atoms with Crippen LogP contribution in [0.5, 0.6) is 0 Å². The van der Waals surface area contributed by atoms with E-state index in [1.165, 1.54) is 0 Å². The molecule has 0 fully saturated rings. The van der Waals surface area contributed by atoms with Gasteiger partial charge in [0.05, 0.1) is 12.7 Å². The second kappa shape index (κ2) is 10.1. The summed E-state index contributed by atoms with van der Waals surface area (Å²) < 4.78 is 1.80. The molecule has 0 aliphatic rings. The predicted molar refractivity (Wildman–Crippen MR) is 90.9 cm³/mol. The van der Waals surface area contributed by atoms with Crippen LogP contribution in [0.25, 0.3) is 0 Å². The van der Waals surface area contributed by atoms with Crippen molar-refractivity contribution < 1.29 is 0 Å². The van der Waals surface area contributed by atoms with Crippen LogP contribution >= 0.6 is 24.0 Å². The first-order valence-corrected chi connectivity index (χ1v) is 6.61. The molecular formula is C13H26IN5. The SMILES string of the molecule is CCNC(=NCc1cnn(C)c1)NCCC(C)C.I. The van der Waals surface area contributed by atoms with E-state index in [4.69, 9.17) is 0 Å². The third-order valence-corrected chi connectivity index (χ3v) is 2.54. The van der Waals surface area contributed by atoms with Crippen LogP contribution in [0.1, 0.15) is 32.8 Å². The molecule has 110 valence electrons. The molecule has 1 aromatic rings. The Kier molecular flexibility index (Phi) is 9.63. The van der Waals surface area contributed by atoms with Gasteiger partial charge >= 0.3 is 0 Å². The minimum absolute atomic E-state index is 0. The maximum Gasteiger partial charge on any atom is 0.191 e. The van der Waals surface area contributed by atoms with E-state index in [1.807, 2.05) is 19.4 Å². The molecule has 0 aliphatic carbocycles. The van der Waals surface area contributed by atoms with Crippen LogP contribution in [0.15, 0.2) is 17.4 Å².